The molecule has 2 aromatic carbocycles. The van der Waals surface area contributed by atoms with Gasteiger partial charge in [0.15, 0.2) is 0 Å². The normalized spacial score (nSPS) is 29.4. The van der Waals surface area contributed by atoms with Gasteiger partial charge in [-0.05, 0) is 104 Å². The number of nitrogens with zero attached hydrogens (tertiary/aromatic N) is 2. The summed E-state index contributed by atoms with van der Waals surface area (Å²) < 4.78 is 0. The van der Waals surface area contributed by atoms with E-state index in [1.807, 2.05) is 62.6 Å². The van der Waals surface area contributed by atoms with Gasteiger partial charge in [-0.3, -0.25) is 14.4 Å². The molecule has 9 heteroatoms. The van der Waals surface area contributed by atoms with Crippen molar-refractivity contribution < 1.29 is 24.6 Å². The van der Waals surface area contributed by atoms with Crippen LogP contribution in [0.1, 0.15) is 76.7 Å². The van der Waals surface area contributed by atoms with E-state index in [9.17, 15) is 19.8 Å². The molecule has 4 aliphatic rings. The molecule has 4 fully saturated rings. The molecule has 264 valence electrons. The van der Waals surface area contributed by atoms with E-state index in [0.717, 1.165) is 36.1 Å². The third-order valence-electron chi connectivity index (χ3n) is 11.5. The monoisotopic (exact) mass is 662 g/mol. The number of carbonyl (C=O) groups is 2. The van der Waals surface area contributed by atoms with Crippen molar-refractivity contribution in [1.82, 2.24) is 20.6 Å². The summed E-state index contributed by atoms with van der Waals surface area (Å²) in [6.07, 6.45) is 1.54. The van der Waals surface area contributed by atoms with Crippen LogP contribution in [0.25, 0.3) is 11.1 Å². The molecule has 4 N–H and O–H groups in total. The van der Waals surface area contributed by atoms with Crippen LogP contribution in [-0.4, -0.2) is 89.6 Å². The molecular formula is C39H58N4O5. The van der Waals surface area contributed by atoms with Crippen LogP contribution >= 0.6 is 0 Å². The summed E-state index contributed by atoms with van der Waals surface area (Å²) in [5, 5.41) is 29.2. The Balaban J connectivity index is 1.32. The van der Waals surface area contributed by atoms with Crippen LogP contribution in [0.4, 0.5) is 0 Å². The topological polar surface area (TPSA) is 114 Å². The molecule has 1 saturated heterocycles. The van der Waals surface area contributed by atoms with Gasteiger partial charge in [-0.1, -0.05) is 65.0 Å². The van der Waals surface area contributed by atoms with Crippen LogP contribution in [0.3, 0.4) is 0 Å². The lowest BCUT2D eigenvalue weighted by Gasteiger charge is -2.62. The number of aliphatic hydroxyl groups is 2. The first-order valence-electron chi connectivity index (χ1n) is 17.9. The zero-order chi connectivity index (χ0) is 34.9. The van der Waals surface area contributed by atoms with Crippen LogP contribution in [0.5, 0.6) is 0 Å². The molecule has 2 amide bonds. The number of benzene rings is 2. The lowest BCUT2D eigenvalue weighted by Crippen LogP contribution is -2.62. The Morgan fingerprint density at radius 3 is 2.35 bits per heavy atom. The summed E-state index contributed by atoms with van der Waals surface area (Å²) in [6, 6.07) is 15.0. The molecule has 0 aromatic heterocycles. The number of rotatable bonds is 13. The Labute approximate surface area is 287 Å². The van der Waals surface area contributed by atoms with Gasteiger partial charge in [0, 0.05) is 30.1 Å². The van der Waals surface area contributed by atoms with E-state index in [2.05, 4.69) is 50.2 Å². The Morgan fingerprint density at radius 1 is 1.06 bits per heavy atom. The van der Waals surface area contributed by atoms with Crippen molar-refractivity contribution in [2.75, 3.05) is 27.2 Å². The fourth-order valence-electron chi connectivity index (χ4n) is 8.81. The lowest BCUT2D eigenvalue weighted by atomic mass is 9.45. The summed E-state index contributed by atoms with van der Waals surface area (Å²) in [5.41, 5.74) is 3.69. The highest BCUT2D eigenvalue weighted by molar-refractivity contribution is 5.95. The maximum atomic E-state index is 14.0. The summed E-state index contributed by atoms with van der Waals surface area (Å²) in [7, 11) is 4.03. The van der Waals surface area contributed by atoms with E-state index in [-0.39, 0.29) is 30.5 Å². The average molecular weight is 663 g/mol. The van der Waals surface area contributed by atoms with Crippen LogP contribution in [-0.2, 0) is 16.2 Å². The van der Waals surface area contributed by atoms with Gasteiger partial charge in [0.1, 0.15) is 12.1 Å². The van der Waals surface area contributed by atoms with Gasteiger partial charge in [-0.15, -0.1) is 0 Å². The molecule has 6 rings (SSSR count). The van der Waals surface area contributed by atoms with E-state index in [4.69, 9.17) is 4.84 Å². The van der Waals surface area contributed by atoms with Gasteiger partial charge in [0.2, 0.25) is 5.91 Å². The van der Waals surface area contributed by atoms with Crippen molar-refractivity contribution in [1.29, 1.82) is 0 Å². The maximum Gasteiger partial charge on any atom is 0.251 e. The minimum Gasteiger partial charge on any atom is -0.394 e. The largest absolute Gasteiger partial charge is 0.394 e. The van der Waals surface area contributed by atoms with Gasteiger partial charge < -0.3 is 25.7 Å². The fourth-order valence-corrected chi connectivity index (χ4v) is 8.81. The number of likely N-dealkylation sites (N-methyl/N-ethyl adjacent to an activating group) is 1. The van der Waals surface area contributed by atoms with Gasteiger partial charge in [0.25, 0.3) is 5.91 Å². The standard InChI is InChI=1S/C39H58N4O5/c1-23(2)15-31(21-42(7)8)40-37(46)29-14-10-13-28(17-29)27-12-9-11-26(16-27)20-43-36(35(25(4)45)34(22-44)48-43)38(47)41-33-19-30-18-32(24(33)3)39(30,5)6/h9-14,16-17,23-25,30-36,44-45H,15,18-22H2,1-8H3,(H,40,46)(H,41,47)/t24-,25-,30-,31-,32+,33-,34-,35+,36-/m0/s1. The minimum absolute atomic E-state index is 0.0529. The van der Waals surface area contributed by atoms with Crippen molar-refractivity contribution in [3.05, 3.63) is 59.7 Å². The predicted molar refractivity (Wildman–Crippen MR) is 189 cm³/mol. The van der Waals surface area contributed by atoms with Crippen LogP contribution in [0.2, 0.25) is 0 Å². The zero-order valence-electron chi connectivity index (χ0n) is 30.1. The molecule has 2 aromatic rings. The van der Waals surface area contributed by atoms with Crippen molar-refractivity contribution >= 4 is 11.8 Å². The van der Waals surface area contributed by atoms with Crippen molar-refractivity contribution in [3.63, 3.8) is 0 Å². The first-order chi connectivity index (χ1) is 22.7. The second kappa shape index (κ2) is 15.0. The lowest BCUT2D eigenvalue weighted by molar-refractivity contribution is -0.183. The molecule has 0 radical (unpaired) electrons. The van der Waals surface area contributed by atoms with Gasteiger partial charge in [-0.2, -0.15) is 5.06 Å². The van der Waals surface area contributed by atoms with Crippen molar-refractivity contribution in [3.8, 4) is 11.1 Å². The highest BCUT2D eigenvalue weighted by Crippen LogP contribution is 2.61. The smallest absolute Gasteiger partial charge is 0.251 e. The zero-order valence-corrected chi connectivity index (χ0v) is 30.1. The third-order valence-corrected chi connectivity index (χ3v) is 11.5. The average Bonchev–Trinajstić information content (AvgIpc) is 3.39. The van der Waals surface area contributed by atoms with Gasteiger partial charge in [-0.25, -0.2) is 0 Å². The molecule has 3 aliphatic carbocycles. The minimum atomic E-state index is -0.850. The Morgan fingerprint density at radius 2 is 1.75 bits per heavy atom. The fraction of sp³-hybridized carbons (Fsp3) is 0.641. The SMILES string of the molecule is CC(C)C[C@@H](CN(C)C)NC(=O)c1cccc(-c2cccc(CN3O[C@@H](CO)[C@@H]([C@H](C)O)[C@H]3C(=O)N[C@H]3C[C@@H]4C[C@H]([C@@H]3C)C4(C)C)c2)c1. The van der Waals surface area contributed by atoms with Crippen LogP contribution < -0.4 is 10.6 Å². The number of aliphatic hydroxyl groups excluding tert-OH is 2. The first kappa shape index (κ1) is 36.5. The Bertz CT molecular complexity index is 1420. The van der Waals surface area contributed by atoms with E-state index < -0.39 is 24.2 Å². The molecule has 9 atom stereocenters. The van der Waals surface area contributed by atoms with Crippen molar-refractivity contribution in [2.45, 2.75) is 97.7 Å². The molecular weight excluding hydrogens is 604 g/mol. The van der Waals surface area contributed by atoms with E-state index in [1.54, 1.807) is 12.0 Å². The summed E-state index contributed by atoms with van der Waals surface area (Å²) in [5.74, 6) is 1.19. The number of fused-ring (bicyclic) bond motifs is 2. The number of hydrogen-bond donors (Lipinski definition) is 4. The molecule has 0 unspecified atom stereocenters. The van der Waals surface area contributed by atoms with Gasteiger partial charge in [0.05, 0.1) is 19.3 Å². The Kier molecular flexibility index (Phi) is 11.4. The van der Waals surface area contributed by atoms with E-state index >= 15 is 0 Å². The molecule has 1 heterocycles. The molecule has 9 nitrogen and oxygen atoms in total. The number of hydroxylamine groups is 2. The first-order valence-corrected chi connectivity index (χ1v) is 17.9. The Hall–Kier alpha value is -2.82. The second-order valence-corrected chi connectivity index (χ2v) is 16.1. The molecule has 48 heavy (non-hydrogen) atoms. The summed E-state index contributed by atoms with van der Waals surface area (Å²) in [6.45, 7) is 13.7. The van der Waals surface area contributed by atoms with Crippen molar-refractivity contribution in [2.24, 2.45) is 35.0 Å². The van der Waals surface area contributed by atoms with Gasteiger partial charge >= 0.3 is 0 Å². The van der Waals surface area contributed by atoms with E-state index in [0.29, 0.717) is 41.2 Å². The van der Waals surface area contributed by atoms with Crippen LogP contribution in [0.15, 0.2) is 48.5 Å². The number of amides is 2. The molecule has 2 bridgehead atoms. The molecule has 3 saturated carbocycles. The number of nitrogens with one attached hydrogen (secondary N) is 2. The second-order valence-electron chi connectivity index (χ2n) is 16.1. The molecule has 1 aliphatic heterocycles. The number of hydrogen-bond acceptors (Lipinski definition) is 7. The quantitative estimate of drug-likeness (QED) is 0.246. The van der Waals surface area contributed by atoms with E-state index in [1.165, 1.54) is 6.42 Å². The highest BCUT2D eigenvalue weighted by atomic mass is 16.7. The van der Waals surface area contributed by atoms with Crippen LogP contribution in [0, 0.1) is 35.0 Å². The highest BCUT2D eigenvalue weighted by Gasteiger charge is 2.57. The third kappa shape index (κ3) is 7.81. The predicted octanol–water partition coefficient (Wildman–Crippen LogP) is 4.72. The summed E-state index contributed by atoms with van der Waals surface area (Å²) in [4.78, 5) is 35.7. The maximum absolute atomic E-state index is 14.0. The molecule has 0 spiro atoms. The summed E-state index contributed by atoms with van der Waals surface area (Å²) >= 11 is 0. The number of carbonyl (C=O) groups excluding carboxylic acids is 2.